The second kappa shape index (κ2) is 9.16. The molecule has 0 saturated carbocycles. The van der Waals surface area contributed by atoms with Crippen LogP contribution < -0.4 is 17.2 Å². The Morgan fingerprint density at radius 2 is 0.765 bits per heavy atom. The number of nitrogens with two attached hydrogens (primary N) is 3. The lowest BCUT2D eigenvalue weighted by atomic mass is 9.77. The van der Waals surface area contributed by atoms with Gasteiger partial charge in [-0.05, 0) is 33.4 Å². The van der Waals surface area contributed by atoms with Gasteiger partial charge in [-0.1, -0.05) is 121 Å². The summed E-state index contributed by atoms with van der Waals surface area (Å²) in [5.41, 5.74) is 28.8. The maximum absolute atomic E-state index is 6.84. The van der Waals surface area contributed by atoms with Crippen molar-refractivity contribution in [3.05, 3.63) is 138 Å². The van der Waals surface area contributed by atoms with Gasteiger partial charge in [0.2, 0.25) is 0 Å². The average Bonchev–Trinajstić information content (AvgIpc) is 2.91. The van der Waals surface area contributed by atoms with E-state index < -0.39 is 0 Å². The van der Waals surface area contributed by atoms with Gasteiger partial charge in [0.25, 0.3) is 0 Å². The Bertz CT molecular complexity index is 1360. The van der Waals surface area contributed by atoms with E-state index in [4.69, 9.17) is 17.2 Å². The van der Waals surface area contributed by atoms with Crippen LogP contribution in [0.4, 0.5) is 17.1 Å². The normalized spacial score (nSPS) is 11.0. The van der Waals surface area contributed by atoms with Crippen molar-refractivity contribution < 1.29 is 0 Å². The molecule has 3 heteroatoms. The van der Waals surface area contributed by atoms with E-state index in [1.165, 1.54) is 0 Å². The zero-order chi connectivity index (χ0) is 23.5. The van der Waals surface area contributed by atoms with Crippen LogP contribution in [0.2, 0.25) is 0 Å². The Balaban J connectivity index is 1.94. The van der Waals surface area contributed by atoms with Crippen LogP contribution in [0, 0.1) is 0 Å². The number of nitrogen functional groups attached to an aromatic ring is 3. The van der Waals surface area contributed by atoms with E-state index in [0.717, 1.165) is 38.9 Å². The minimum atomic E-state index is -0.122. The van der Waals surface area contributed by atoms with Crippen molar-refractivity contribution in [2.24, 2.45) is 0 Å². The molecule has 0 spiro atoms. The maximum Gasteiger partial charge on any atom is 0.0791 e. The average molecular weight is 442 g/mol. The molecule has 0 saturated heterocycles. The molecule has 6 N–H and O–H groups in total. The third-order valence-electron chi connectivity index (χ3n) is 6.34. The number of anilines is 3. The van der Waals surface area contributed by atoms with Crippen LogP contribution in [-0.2, 0) is 0 Å². The second-order valence-corrected chi connectivity index (χ2v) is 8.39. The lowest BCUT2D eigenvalue weighted by molar-refractivity contribution is 0.984. The predicted molar refractivity (Wildman–Crippen MR) is 144 cm³/mol. The lowest BCUT2D eigenvalue weighted by Crippen LogP contribution is -2.13. The highest BCUT2D eigenvalue weighted by atomic mass is 14.8. The molecule has 0 aliphatic heterocycles. The number of benzene rings is 5. The van der Waals surface area contributed by atoms with Gasteiger partial charge >= 0.3 is 0 Å². The summed E-state index contributed by atoms with van der Waals surface area (Å²) in [7, 11) is 0. The first kappa shape index (κ1) is 21.4. The smallest absolute Gasteiger partial charge is 0.0791 e. The highest BCUT2D eigenvalue weighted by Gasteiger charge is 2.29. The topological polar surface area (TPSA) is 78.1 Å². The first-order valence-electron chi connectivity index (χ1n) is 11.4. The number of hydrogen-bond donors (Lipinski definition) is 3. The van der Waals surface area contributed by atoms with Crippen LogP contribution in [-0.4, -0.2) is 0 Å². The summed E-state index contributed by atoms with van der Waals surface area (Å²) >= 11 is 0. The van der Waals surface area contributed by atoms with E-state index in [-0.39, 0.29) is 5.92 Å². The monoisotopic (exact) mass is 441 g/mol. The van der Waals surface area contributed by atoms with Gasteiger partial charge in [0.05, 0.1) is 17.1 Å². The minimum Gasteiger partial charge on any atom is -0.397 e. The summed E-state index contributed by atoms with van der Waals surface area (Å²) in [6, 6.07) is 41.3. The SMILES string of the molecule is Nc1c(N)c(-c2ccccc2)c(-c2ccccc2)c(C(c2ccccc2)c2ccccc2)c1N. The van der Waals surface area contributed by atoms with Crippen molar-refractivity contribution in [1.29, 1.82) is 0 Å². The van der Waals surface area contributed by atoms with Gasteiger partial charge in [-0.3, -0.25) is 0 Å². The quantitative estimate of drug-likeness (QED) is 0.204. The van der Waals surface area contributed by atoms with Crippen LogP contribution in [0.3, 0.4) is 0 Å². The van der Waals surface area contributed by atoms with Gasteiger partial charge in [-0.15, -0.1) is 0 Å². The highest BCUT2D eigenvalue weighted by Crippen LogP contribution is 2.51. The molecule has 5 aromatic rings. The van der Waals surface area contributed by atoms with Crippen LogP contribution >= 0.6 is 0 Å². The maximum atomic E-state index is 6.84. The van der Waals surface area contributed by atoms with E-state index in [2.05, 4.69) is 72.8 Å². The minimum absolute atomic E-state index is 0.122. The third-order valence-corrected chi connectivity index (χ3v) is 6.34. The summed E-state index contributed by atoms with van der Waals surface area (Å²) in [5.74, 6) is -0.122. The van der Waals surface area contributed by atoms with Crippen molar-refractivity contribution >= 4 is 17.1 Å². The third kappa shape index (κ3) is 3.78. The van der Waals surface area contributed by atoms with Crippen LogP contribution in [0.25, 0.3) is 22.3 Å². The molecule has 0 fully saturated rings. The summed E-state index contributed by atoms with van der Waals surface area (Å²) < 4.78 is 0. The molecule has 0 unspecified atom stereocenters. The standard InChI is InChI=1S/C31H27N3/c32-29-27(24-19-11-4-12-20-24)26(23-17-9-3-10-18-23)28(30(33)31(29)34)25(21-13-5-1-6-14-21)22-15-7-2-8-16-22/h1-20,25H,32-34H2. The fraction of sp³-hybridized carbons (Fsp3) is 0.0323. The fourth-order valence-electron chi connectivity index (χ4n) is 4.75. The molecule has 0 heterocycles. The highest BCUT2D eigenvalue weighted by molar-refractivity contribution is 6.03. The molecule has 0 radical (unpaired) electrons. The van der Waals surface area contributed by atoms with Crippen molar-refractivity contribution in [2.45, 2.75) is 5.92 Å². The first-order valence-corrected chi connectivity index (χ1v) is 11.4. The Hall–Kier alpha value is -4.50. The van der Waals surface area contributed by atoms with Gasteiger partial charge in [-0.25, -0.2) is 0 Å². The van der Waals surface area contributed by atoms with E-state index >= 15 is 0 Å². The van der Waals surface area contributed by atoms with Gasteiger partial charge in [0.15, 0.2) is 0 Å². The number of rotatable bonds is 5. The van der Waals surface area contributed by atoms with E-state index in [1.807, 2.05) is 48.5 Å². The van der Waals surface area contributed by atoms with Crippen LogP contribution in [0.1, 0.15) is 22.6 Å². The van der Waals surface area contributed by atoms with E-state index in [9.17, 15) is 0 Å². The molecule has 0 aliphatic carbocycles. The molecule has 34 heavy (non-hydrogen) atoms. The zero-order valence-corrected chi connectivity index (χ0v) is 18.9. The molecule has 0 aromatic heterocycles. The Morgan fingerprint density at radius 1 is 0.382 bits per heavy atom. The molecular formula is C31H27N3. The first-order chi connectivity index (χ1) is 16.7. The van der Waals surface area contributed by atoms with Crippen LogP contribution in [0.5, 0.6) is 0 Å². The zero-order valence-electron chi connectivity index (χ0n) is 18.9. The summed E-state index contributed by atoms with van der Waals surface area (Å²) in [6.07, 6.45) is 0. The molecule has 3 nitrogen and oxygen atoms in total. The summed E-state index contributed by atoms with van der Waals surface area (Å²) in [5, 5.41) is 0. The molecule has 0 atom stereocenters. The van der Waals surface area contributed by atoms with Crippen molar-refractivity contribution in [1.82, 2.24) is 0 Å². The summed E-state index contributed by atoms with van der Waals surface area (Å²) in [6.45, 7) is 0. The van der Waals surface area contributed by atoms with E-state index in [0.29, 0.717) is 17.1 Å². The van der Waals surface area contributed by atoms with Gasteiger partial charge in [0.1, 0.15) is 0 Å². The predicted octanol–water partition coefficient (Wildman–Crippen LogP) is 6.95. The van der Waals surface area contributed by atoms with E-state index in [1.54, 1.807) is 0 Å². The van der Waals surface area contributed by atoms with Crippen molar-refractivity contribution in [3.63, 3.8) is 0 Å². The molecule has 0 amide bonds. The van der Waals surface area contributed by atoms with Crippen molar-refractivity contribution in [2.75, 3.05) is 17.2 Å². The Labute approximate surface area is 200 Å². The molecule has 0 bridgehead atoms. The summed E-state index contributed by atoms with van der Waals surface area (Å²) in [4.78, 5) is 0. The largest absolute Gasteiger partial charge is 0.397 e. The molecule has 5 aromatic carbocycles. The van der Waals surface area contributed by atoms with Gasteiger partial charge < -0.3 is 17.2 Å². The van der Waals surface area contributed by atoms with Gasteiger partial charge in [-0.2, -0.15) is 0 Å². The molecular weight excluding hydrogens is 414 g/mol. The molecule has 0 aliphatic rings. The Kier molecular flexibility index (Phi) is 5.75. The Morgan fingerprint density at radius 3 is 1.21 bits per heavy atom. The number of hydrogen-bond acceptors (Lipinski definition) is 3. The molecule has 166 valence electrons. The second-order valence-electron chi connectivity index (χ2n) is 8.39. The van der Waals surface area contributed by atoms with Crippen LogP contribution in [0.15, 0.2) is 121 Å². The molecule has 5 rings (SSSR count). The van der Waals surface area contributed by atoms with Gasteiger partial charge in [0, 0.05) is 11.5 Å². The fourth-order valence-corrected chi connectivity index (χ4v) is 4.75. The lowest BCUT2D eigenvalue weighted by Gasteiger charge is -2.28. The van der Waals surface area contributed by atoms with Crippen molar-refractivity contribution in [3.8, 4) is 22.3 Å².